The number of para-hydroxylation sites is 1. The number of methoxy groups -OCH3 is 1. The van der Waals surface area contributed by atoms with Gasteiger partial charge in [-0.25, -0.2) is 13.4 Å². The quantitative estimate of drug-likeness (QED) is 0.441. The minimum Gasteiger partial charge on any atom is -0.495 e. The first-order valence-electron chi connectivity index (χ1n) is 10.7. The van der Waals surface area contributed by atoms with Crippen molar-refractivity contribution in [1.82, 2.24) is 19.4 Å². The minimum atomic E-state index is -3.45. The molecule has 5 rings (SSSR count). The summed E-state index contributed by atoms with van der Waals surface area (Å²) >= 11 is 6.47. The third-order valence-electron chi connectivity index (χ3n) is 6.00. The van der Waals surface area contributed by atoms with E-state index >= 15 is 0 Å². The number of sulfone groups is 1. The van der Waals surface area contributed by atoms with Crippen molar-refractivity contribution in [2.24, 2.45) is 0 Å². The van der Waals surface area contributed by atoms with Crippen LogP contribution in [0.4, 0.5) is 11.6 Å². The molecule has 1 N–H and O–H groups in total. The van der Waals surface area contributed by atoms with Gasteiger partial charge in [0.2, 0.25) is 5.95 Å². The summed E-state index contributed by atoms with van der Waals surface area (Å²) in [6.45, 7) is 1.86. The monoisotopic (exact) mass is 497 g/mol. The number of hydrogen-bond acceptors (Lipinski definition) is 7. The molecule has 10 heteroatoms. The highest BCUT2D eigenvalue weighted by Crippen LogP contribution is 2.34. The fraction of sp³-hybridized carbons (Fsp3) is 0.250. The van der Waals surface area contributed by atoms with Gasteiger partial charge < -0.3 is 15.0 Å². The van der Waals surface area contributed by atoms with Crippen LogP contribution < -0.4 is 10.1 Å². The Kier molecular flexibility index (Phi) is 5.71. The Labute approximate surface area is 203 Å². The van der Waals surface area contributed by atoms with Gasteiger partial charge in [-0.3, -0.25) is 4.57 Å². The second-order valence-corrected chi connectivity index (χ2v) is 10.8. The molecule has 2 aromatic carbocycles. The van der Waals surface area contributed by atoms with Gasteiger partial charge in [0.05, 0.1) is 29.4 Å². The molecule has 4 aromatic rings. The molecule has 1 aliphatic rings. The van der Waals surface area contributed by atoms with E-state index in [0.717, 1.165) is 25.2 Å². The van der Waals surface area contributed by atoms with Crippen LogP contribution >= 0.6 is 11.6 Å². The zero-order valence-corrected chi connectivity index (χ0v) is 20.6. The zero-order chi connectivity index (χ0) is 24.0. The summed E-state index contributed by atoms with van der Waals surface area (Å²) in [4.78, 5) is 11.5. The Hall–Kier alpha value is -3.14. The molecule has 0 bridgehead atoms. The highest BCUT2D eigenvalue weighted by atomic mass is 35.5. The molecule has 8 nitrogen and oxygen atoms in total. The van der Waals surface area contributed by atoms with Crippen molar-refractivity contribution in [1.29, 1.82) is 0 Å². The number of nitrogens with one attached hydrogen (secondary N) is 1. The molecule has 0 fully saturated rings. The first-order valence-corrected chi connectivity index (χ1v) is 13.0. The van der Waals surface area contributed by atoms with Gasteiger partial charge in [0.15, 0.2) is 15.7 Å². The molecule has 34 heavy (non-hydrogen) atoms. The lowest BCUT2D eigenvalue weighted by Gasteiger charge is -2.26. The number of benzene rings is 2. The van der Waals surface area contributed by atoms with Gasteiger partial charge in [-0.05, 0) is 42.8 Å². The molecule has 0 unspecified atom stereocenters. The van der Waals surface area contributed by atoms with Crippen molar-refractivity contribution in [2.45, 2.75) is 17.9 Å². The predicted molar refractivity (Wildman–Crippen MR) is 133 cm³/mol. The fourth-order valence-electron chi connectivity index (χ4n) is 4.32. The Morgan fingerprint density at radius 3 is 2.74 bits per heavy atom. The van der Waals surface area contributed by atoms with Gasteiger partial charge in [0, 0.05) is 30.9 Å². The maximum Gasteiger partial charge on any atom is 0.229 e. The van der Waals surface area contributed by atoms with Crippen molar-refractivity contribution < 1.29 is 13.2 Å². The number of aromatic nitrogens is 3. The number of anilines is 2. The average Bonchev–Trinajstić information content (AvgIpc) is 3.20. The van der Waals surface area contributed by atoms with E-state index in [2.05, 4.69) is 39.4 Å². The van der Waals surface area contributed by atoms with E-state index in [1.165, 1.54) is 23.6 Å². The van der Waals surface area contributed by atoms with E-state index < -0.39 is 9.84 Å². The summed E-state index contributed by atoms with van der Waals surface area (Å²) < 4.78 is 32.1. The zero-order valence-electron chi connectivity index (χ0n) is 19.0. The van der Waals surface area contributed by atoms with E-state index in [9.17, 15) is 8.42 Å². The summed E-state index contributed by atoms with van der Waals surface area (Å²) in [6.07, 6.45) is 5.20. The Balaban J connectivity index is 1.59. The lowest BCUT2D eigenvalue weighted by molar-refractivity contribution is 0.312. The van der Waals surface area contributed by atoms with Gasteiger partial charge >= 0.3 is 0 Å². The summed E-state index contributed by atoms with van der Waals surface area (Å²) in [6, 6.07) is 11.4. The summed E-state index contributed by atoms with van der Waals surface area (Å²) in [5.41, 5.74) is 3.92. The Bertz CT molecular complexity index is 1520. The number of ether oxygens (including phenoxy) is 1. The van der Waals surface area contributed by atoms with Crippen LogP contribution in [0.2, 0.25) is 5.02 Å². The molecule has 3 heterocycles. The molecule has 176 valence electrons. The standard InChI is InChI=1S/C24H24ClN5O3S/c1-29-9-8-15-11-21(33-2)19(10-16(15)13-29)27-24-26-12-18(25)23(28-24)30-14-22(34(3,31)32)17-6-4-5-7-20(17)30/h4-7,10-12,14H,8-9,13H2,1-3H3,(H,26,27,28). The van der Waals surface area contributed by atoms with Crippen LogP contribution in [0.15, 0.2) is 53.7 Å². The number of halogens is 1. The van der Waals surface area contributed by atoms with E-state index in [1.54, 1.807) is 30.0 Å². The van der Waals surface area contributed by atoms with Crippen molar-refractivity contribution in [3.8, 4) is 11.6 Å². The lowest BCUT2D eigenvalue weighted by Crippen LogP contribution is -2.26. The van der Waals surface area contributed by atoms with Gasteiger partial charge in [0.1, 0.15) is 10.8 Å². The number of likely N-dealkylation sites (N-methyl/N-ethyl adjacent to an activating group) is 1. The fourth-order valence-corrected chi connectivity index (χ4v) is 5.37. The van der Waals surface area contributed by atoms with Gasteiger partial charge in [0.25, 0.3) is 0 Å². The van der Waals surface area contributed by atoms with Crippen molar-refractivity contribution in [3.63, 3.8) is 0 Å². The SMILES string of the molecule is COc1cc2c(cc1Nc1ncc(Cl)c(-n3cc(S(C)(=O)=O)c4ccccc43)n1)CN(C)CC2. The summed E-state index contributed by atoms with van der Waals surface area (Å²) in [5, 5.41) is 4.16. The highest BCUT2D eigenvalue weighted by Gasteiger charge is 2.21. The maximum atomic E-state index is 12.4. The molecular formula is C24H24ClN5O3S. The normalized spacial score (nSPS) is 14.2. The van der Waals surface area contributed by atoms with Crippen LogP contribution in [0.5, 0.6) is 5.75 Å². The Morgan fingerprint density at radius 1 is 1.18 bits per heavy atom. The molecule has 0 aliphatic carbocycles. The summed E-state index contributed by atoms with van der Waals surface area (Å²) in [7, 11) is 0.278. The number of nitrogens with zero attached hydrogens (tertiary/aromatic N) is 4. The molecule has 0 radical (unpaired) electrons. The van der Waals surface area contributed by atoms with Crippen LogP contribution in [-0.4, -0.2) is 54.8 Å². The lowest BCUT2D eigenvalue weighted by atomic mass is 9.99. The maximum absolute atomic E-state index is 12.4. The van der Waals surface area contributed by atoms with E-state index in [4.69, 9.17) is 16.3 Å². The van der Waals surface area contributed by atoms with Crippen LogP contribution in [0, 0.1) is 0 Å². The third kappa shape index (κ3) is 4.11. The molecule has 2 aromatic heterocycles. The van der Waals surface area contributed by atoms with Gasteiger partial charge in [-0.15, -0.1) is 0 Å². The van der Waals surface area contributed by atoms with Gasteiger partial charge in [-0.1, -0.05) is 29.8 Å². The van der Waals surface area contributed by atoms with Crippen molar-refractivity contribution in [2.75, 3.05) is 32.3 Å². The second kappa shape index (κ2) is 8.57. The Morgan fingerprint density at radius 2 is 1.97 bits per heavy atom. The van der Waals surface area contributed by atoms with Crippen LogP contribution in [0.1, 0.15) is 11.1 Å². The second-order valence-electron chi connectivity index (χ2n) is 8.45. The van der Waals surface area contributed by atoms with Crippen LogP contribution in [-0.2, 0) is 22.8 Å². The van der Waals surface area contributed by atoms with Crippen molar-refractivity contribution in [3.05, 3.63) is 64.9 Å². The third-order valence-corrected chi connectivity index (χ3v) is 7.39. The topological polar surface area (TPSA) is 89.3 Å². The van der Waals surface area contributed by atoms with E-state index in [1.807, 2.05) is 12.1 Å². The summed E-state index contributed by atoms with van der Waals surface area (Å²) in [5.74, 6) is 1.40. The van der Waals surface area contributed by atoms with Crippen LogP contribution in [0.3, 0.4) is 0 Å². The van der Waals surface area contributed by atoms with E-state index in [-0.39, 0.29) is 4.90 Å². The predicted octanol–water partition coefficient (Wildman–Crippen LogP) is 4.22. The molecule has 1 aliphatic heterocycles. The molecule has 0 amide bonds. The smallest absolute Gasteiger partial charge is 0.229 e. The van der Waals surface area contributed by atoms with Crippen LogP contribution in [0.25, 0.3) is 16.7 Å². The van der Waals surface area contributed by atoms with Crippen molar-refractivity contribution >= 4 is 44.0 Å². The average molecular weight is 498 g/mol. The molecule has 0 spiro atoms. The molecule has 0 saturated heterocycles. The molecular weight excluding hydrogens is 474 g/mol. The molecule has 0 saturated carbocycles. The first-order chi connectivity index (χ1) is 16.2. The van der Waals surface area contributed by atoms with E-state index in [0.29, 0.717) is 33.4 Å². The minimum absolute atomic E-state index is 0.216. The first kappa shape index (κ1) is 22.6. The molecule has 0 atom stereocenters. The highest BCUT2D eigenvalue weighted by molar-refractivity contribution is 7.91. The number of hydrogen-bond donors (Lipinski definition) is 1. The largest absolute Gasteiger partial charge is 0.495 e. The number of fused-ring (bicyclic) bond motifs is 2. The van der Waals surface area contributed by atoms with Gasteiger partial charge in [-0.2, -0.15) is 4.98 Å². The number of rotatable bonds is 5.